The Labute approximate surface area is 219 Å². The molecule has 204 valence electrons. The fourth-order valence-corrected chi connectivity index (χ4v) is 7.73. The highest BCUT2D eigenvalue weighted by molar-refractivity contribution is 5.86. The zero-order valence-electron chi connectivity index (χ0n) is 23.3. The Balaban J connectivity index is 1.49. The second-order valence-corrected chi connectivity index (χ2v) is 12.5. The van der Waals surface area contributed by atoms with E-state index in [4.69, 9.17) is 0 Å². The Morgan fingerprint density at radius 2 is 0.639 bits per heavy atom. The van der Waals surface area contributed by atoms with Crippen LogP contribution in [0.25, 0.3) is 0 Å². The van der Waals surface area contributed by atoms with Crippen molar-refractivity contribution in [2.75, 3.05) is 21.1 Å². The zero-order chi connectivity index (χ0) is 25.7. The number of hydrogen-bond donors (Lipinski definition) is 0. The van der Waals surface area contributed by atoms with Gasteiger partial charge in [-0.05, 0) is 57.8 Å². The molecule has 0 bridgehead atoms. The lowest BCUT2D eigenvalue weighted by Gasteiger charge is -2.42. The third-order valence-electron chi connectivity index (χ3n) is 10.2. The molecule has 6 nitrogen and oxygen atoms in total. The summed E-state index contributed by atoms with van der Waals surface area (Å²) < 4.78 is 0. The zero-order valence-corrected chi connectivity index (χ0v) is 23.3. The molecule has 0 saturated heterocycles. The van der Waals surface area contributed by atoms with E-state index < -0.39 is 0 Å². The molecule has 0 aromatic rings. The van der Waals surface area contributed by atoms with Crippen LogP contribution in [0, 0.1) is 17.8 Å². The van der Waals surface area contributed by atoms with Crippen molar-refractivity contribution in [2.24, 2.45) is 17.8 Å². The van der Waals surface area contributed by atoms with Gasteiger partial charge in [-0.2, -0.15) is 0 Å². The molecule has 4 aliphatic rings. The molecule has 0 atom stereocenters. The number of rotatable bonds is 6. The van der Waals surface area contributed by atoms with Gasteiger partial charge in [0.2, 0.25) is 17.7 Å². The van der Waals surface area contributed by atoms with Crippen molar-refractivity contribution in [3.63, 3.8) is 0 Å². The SMILES string of the molecule is CN(C(=O)C1CC(C(=O)N(C)C2CCCCC2)CC(C(=O)N(C)C2CCCCC2)C1)C1CCCCC1. The number of nitrogens with zero attached hydrogens (tertiary/aromatic N) is 3. The maximum atomic E-state index is 13.8. The van der Waals surface area contributed by atoms with Gasteiger partial charge in [-0.25, -0.2) is 0 Å². The largest absolute Gasteiger partial charge is 0.343 e. The van der Waals surface area contributed by atoms with Gasteiger partial charge in [0.25, 0.3) is 0 Å². The molecule has 0 heterocycles. The summed E-state index contributed by atoms with van der Waals surface area (Å²) in [7, 11) is 5.88. The predicted molar refractivity (Wildman–Crippen MR) is 143 cm³/mol. The van der Waals surface area contributed by atoms with Crippen molar-refractivity contribution < 1.29 is 14.4 Å². The van der Waals surface area contributed by atoms with E-state index in [-0.39, 0.29) is 35.5 Å². The highest BCUT2D eigenvalue weighted by Gasteiger charge is 2.43. The minimum atomic E-state index is -0.229. The Hall–Kier alpha value is -1.59. The summed E-state index contributed by atoms with van der Waals surface area (Å²) in [4.78, 5) is 47.2. The topological polar surface area (TPSA) is 60.9 Å². The minimum absolute atomic E-state index is 0.165. The summed E-state index contributed by atoms with van der Waals surface area (Å²) in [5.74, 6) is -0.192. The van der Waals surface area contributed by atoms with E-state index in [0.717, 1.165) is 38.5 Å². The smallest absolute Gasteiger partial charge is 0.225 e. The summed E-state index contributed by atoms with van der Waals surface area (Å²) in [6.45, 7) is 0. The Kier molecular flexibility index (Phi) is 9.74. The Bertz CT molecular complexity index is 647. The molecule has 6 heteroatoms. The Morgan fingerprint density at radius 3 is 0.861 bits per heavy atom. The molecular weight excluding hydrogens is 450 g/mol. The van der Waals surface area contributed by atoms with Crippen LogP contribution in [0.15, 0.2) is 0 Å². The molecule has 0 aliphatic heterocycles. The van der Waals surface area contributed by atoms with Crippen LogP contribution in [0.3, 0.4) is 0 Å². The van der Waals surface area contributed by atoms with E-state index in [0.29, 0.717) is 37.4 Å². The van der Waals surface area contributed by atoms with Gasteiger partial charge >= 0.3 is 0 Å². The van der Waals surface area contributed by atoms with E-state index >= 15 is 0 Å². The van der Waals surface area contributed by atoms with Gasteiger partial charge in [0.05, 0.1) is 0 Å². The lowest BCUT2D eigenvalue weighted by atomic mass is 9.73. The monoisotopic (exact) mass is 501 g/mol. The molecular formula is C30H51N3O3. The van der Waals surface area contributed by atoms with Crippen LogP contribution in [0.2, 0.25) is 0 Å². The van der Waals surface area contributed by atoms with Crippen LogP contribution in [-0.4, -0.2) is 71.7 Å². The van der Waals surface area contributed by atoms with Crippen molar-refractivity contribution in [2.45, 2.75) is 134 Å². The summed E-state index contributed by atoms with van der Waals surface area (Å²) in [6, 6.07) is 0.934. The normalized spacial score (nSPS) is 28.9. The summed E-state index contributed by atoms with van der Waals surface area (Å²) in [6.07, 6.45) is 19.2. The molecule has 4 rings (SSSR count). The summed E-state index contributed by atoms with van der Waals surface area (Å²) >= 11 is 0. The highest BCUT2D eigenvalue weighted by Crippen LogP contribution is 2.39. The molecule has 0 spiro atoms. The molecule has 0 N–H and O–H groups in total. The molecule has 3 amide bonds. The first kappa shape index (κ1) is 27.4. The van der Waals surface area contributed by atoms with Crippen molar-refractivity contribution in [1.82, 2.24) is 14.7 Å². The van der Waals surface area contributed by atoms with Crippen LogP contribution in [0.4, 0.5) is 0 Å². The van der Waals surface area contributed by atoms with Crippen LogP contribution in [-0.2, 0) is 14.4 Å². The Morgan fingerprint density at radius 1 is 0.417 bits per heavy atom. The standard InChI is InChI=1S/C30H51N3O3/c1-31(25-13-7-4-8-14-25)28(34)22-19-23(29(35)32(2)26-15-9-5-10-16-26)21-24(20-22)30(36)33(3)27-17-11-6-12-18-27/h22-27H,4-21H2,1-3H3. The van der Waals surface area contributed by atoms with Crippen LogP contribution in [0.1, 0.15) is 116 Å². The number of carbonyl (C=O) groups is 3. The van der Waals surface area contributed by atoms with Crippen LogP contribution in [0.5, 0.6) is 0 Å². The molecule has 0 aromatic heterocycles. The summed E-state index contributed by atoms with van der Waals surface area (Å²) in [5, 5.41) is 0. The van der Waals surface area contributed by atoms with Gasteiger partial charge in [0, 0.05) is 57.0 Å². The highest BCUT2D eigenvalue weighted by atomic mass is 16.2. The quantitative estimate of drug-likeness (QED) is 0.490. The number of hydrogen-bond acceptors (Lipinski definition) is 3. The number of carbonyl (C=O) groups excluding carboxylic acids is 3. The first-order valence-electron chi connectivity index (χ1n) is 15.2. The molecule has 4 saturated carbocycles. The molecule has 4 fully saturated rings. The van der Waals surface area contributed by atoms with Gasteiger partial charge < -0.3 is 14.7 Å². The summed E-state index contributed by atoms with van der Waals surface area (Å²) in [5.41, 5.74) is 0. The fraction of sp³-hybridized carbons (Fsp3) is 0.900. The van der Waals surface area contributed by atoms with E-state index in [1.54, 1.807) is 0 Å². The minimum Gasteiger partial charge on any atom is -0.343 e. The molecule has 0 aromatic carbocycles. The van der Waals surface area contributed by atoms with Gasteiger partial charge in [0.15, 0.2) is 0 Å². The van der Waals surface area contributed by atoms with Crippen LogP contribution < -0.4 is 0 Å². The molecule has 0 unspecified atom stereocenters. The first-order valence-corrected chi connectivity index (χ1v) is 15.2. The maximum Gasteiger partial charge on any atom is 0.225 e. The van der Waals surface area contributed by atoms with Gasteiger partial charge in [-0.15, -0.1) is 0 Å². The first-order chi connectivity index (χ1) is 17.4. The molecule has 36 heavy (non-hydrogen) atoms. The fourth-order valence-electron chi connectivity index (χ4n) is 7.73. The van der Waals surface area contributed by atoms with Crippen molar-refractivity contribution in [3.05, 3.63) is 0 Å². The van der Waals surface area contributed by atoms with Crippen LogP contribution >= 0.6 is 0 Å². The van der Waals surface area contributed by atoms with Gasteiger partial charge in [0.1, 0.15) is 0 Å². The molecule has 4 aliphatic carbocycles. The van der Waals surface area contributed by atoms with E-state index in [1.807, 2.05) is 35.8 Å². The maximum absolute atomic E-state index is 13.8. The van der Waals surface area contributed by atoms with Crippen molar-refractivity contribution >= 4 is 17.7 Å². The van der Waals surface area contributed by atoms with Gasteiger partial charge in [-0.3, -0.25) is 14.4 Å². The second-order valence-electron chi connectivity index (χ2n) is 12.5. The number of amides is 3. The van der Waals surface area contributed by atoms with Crippen molar-refractivity contribution in [1.29, 1.82) is 0 Å². The third-order valence-corrected chi connectivity index (χ3v) is 10.2. The predicted octanol–water partition coefficient (Wildman–Crippen LogP) is 5.39. The van der Waals surface area contributed by atoms with Gasteiger partial charge in [-0.1, -0.05) is 57.8 Å². The van der Waals surface area contributed by atoms with E-state index in [2.05, 4.69) is 0 Å². The van der Waals surface area contributed by atoms with Crippen molar-refractivity contribution in [3.8, 4) is 0 Å². The second kappa shape index (κ2) is 12.8. The lowest BCUT2D eigenvalue weighted by Crippen LogP contribution is -2.50. The average Bonchev–Trinajstić information content (AvgIpc) is 2.95. The van der Waals surface area contributed by atoms with E-state index in [9.17, 15) is 14.4 Å². The molecule has 0 radical (unpaired) electrons. The lowest BCUT2D eigenvalue weighted by molar-refractivity contribution is -0.148. The average molecular weight is 502 g/mol. The van der Waals surface area contributed by atoms with E-state index in [1.165, 1.54) is 57.8 Å². The third kappa shape index (κ3) is 6.45.